The molecule has 82 valence electrons. The van der Waals surface area contributed by atoms with Gasteiger partial charge in [-0.2, -0.15) is 8.78 Å². The number of hydrogen-bond acceptors (Lipinski definition) is 3. The lowest BCUT2D eigenvalue weighted by Gasteiger charge is -2.07. The minimum absolute atomic E-state index is 0.435. The lowest BCUT2D eigenvalue weighted by Crippen LogP contribution is -2.05. The summed E-state index contributed by atoms with van der Waals surface area (Å²) in [5, 5.41) is 10.5. The largest absolute Gasteiger partial charge is 0.427 e. The van der Waals surface area contributed by atoms with E-state index >= 15 is 0 Å². The van der Waals surface area contributed by atoms with Crippen molar-refractivity contribution in [2.24, 2.45) is 0 Å². The summed E-state index contributed by atoms with van der Waals surface area (Å²) < 4.78 is 28.4. The van der Waals surface area contributed by atoms with Crippen molar-refractivity contribution in [1.82, 2.24) is 0 Å². The number of ether oxygens (including phenoxy) is 1. The second kappa shape index (κ2) is 4.52. The third-order valence-corrected chi connectivity index (χ3v) is 2.51. The number of hydrogen-bond donors (Lipinski definition) is 0. The molecule has 0 heterocycles. The highest BCUT2D eigenvalue weighted by Crippen LogP contribution is 2.33. The summed E-state index contributed by atoms with van der Waals surface area (Å²) in [6.07, 6.45) is 0. The second-order valence-electron chi connectivity index (χ2n) is 2.70. The zero-order valence-corrected chi connectivity index (χ0v) is 9.12. The number of benzene rings is 1. The lowest BCUT2D eigenvalue weighted by atomic mass is 10.2. The summed E-state index contributed by atoms with van der Waals surface area (Å²) >= 11 is 3.07. The van der Waals surface area contributed by atoms with E-state index in [0.717, 1.165) is 6.07 Å². The molecule has 0 aliphatic carbocycles. The third-order valence-electron chi connectivity index (χ3n) is 1.65. The van der Waals surface area contributed by atoms with Gasteiger partial charge in [0, 0.05) is 10.5 Å². The summed E-state index contributed by atoms with van der Waals surface area (Å²) in [4.78, 5) is 9.75. The molecule has 0 spiro atoms. The first-order valence-corrected chi connectivity index (χ1v) is 4.60. The van der Waals surface area contributed by atoms with E-state index in [1.54, 1.807) is 6.92 Å². The third kappa shape index (κ3) is 2.85. The van der Waals surface area contributed by atoms with Crippen LogP contribution in [0.1, 0.15) is 5.56 Å². The van der Waals surface area contributed by atoms with E-state index in [-0.39, 0.29) is 0 Å². The Kier molecular flexibility index (Phi) is 3.57. The molecule has 0 saturated heterocycles. The van der Waals surface area contributed by atoms with Gasteiger partial charge in [0.15, 0.2) is 0 Å². The van der Waals surface area contributed by atoms with Crippen LogP contribution in [0, 0.1) is 17.0 Å². The van der Waals surface area contributed by atoms with E-state index < -0.39 is 23.0 Å². The molecule has 0 N–H and O–H groups in total. The van der Waals surface area contributed by atoms with Crippen molar-refractivity contribution in [3.63, 3.8) is 0 Å². The Morgan fingerprint density at radius 3 is 2.60 bits per heavy atom. The van der Waals surface area contributed by atoms with Gasteiger partial charge in [-0.05, 0) is 18.6 Å². The molecule has 0 bridgehead atoms. The van der Waals surface area contributed by atoms with E-state index in [4.69, 9.17) is 0 Å². The Labute approximate surface area is 92.1 Å². The molecule has 0 atom stereocenters. The van der Waals surface area contributed by atoms with Gasteiger partial charge in [-0.25, -0.2) is 0 Å². The highest BCUT2D eigenvalue weighted by Gasteiger charge is 2.20. The molecule has 0 amide bonds. The van der Waals surface area contributed by atoms with E-state index in [9.17, 15) is 18.9 Å². The lowest BCUT2D eigenvalue weighted by molar-refractivity contribution is -0.386. The highest BCUT2D eigenvalue weighted by molar-refractivity contribution is 9.10. The summed E-state index contributed by atoms with van der Waals surface area (Å²) in [6.45, 7) is -1.46. The van der Waals surface area contributed by atoms with Crippen LogP contribution >= 0.6 is 15.9 Å². The van der Waals surface area contributed by atoms with Crippen LogP contribution in [0.15, 0.2) is 16.6 Å². The van der Waals surface area contributed by atoms with E-state index in [0.29, 0.717) is 10.0 Å². The van der Waals surface area contributed by atoms with Crippen molar-refractivity contribution >= 4 is 21.6 Å². The van der Waals surface area contributed by atoms with Crippen molar-refractivity contribution < 1.29 is 18.4 Å². The van der Waals surface area contributed by atoms with E-state index in [1.807, 2.05) is 0 Å². The Bertz CT molecular complexity index is 398. The van der Waals surface area contributed by atoms with Crippen LogP contribution in [0.25, 0.3) is 0 Å². The fourth-order valence-corrected chi connectivity index (χ4v) is 1.31. The van der Waals surface area contributed by atoms with Gasteiger partial charge in [-0.1, -0.05) is 15.9 Å². The maximum Gasteiger partial charge on any atom is 0.387 e. The number of halogens is 3. The van der Waals surface area contributed by atoms with Gasteiger partial charge in [0.1, 0.15) is 0 Å². The molecule has 15 heavy (non-hydrogen) atoms. The molecular weight excluding hydrogens is 276 g/mol. The normalized spacial score (nSPS) is 10.5. The summed E-state index contributed by atoms with van der Waals surface area (Å²) in [6, 6.07) is 2.32. The van der Waals surface area contributed by atoms with Gasteiger partial charge in [0.05, 0.1) is 4.92 Å². The van der Waals surface area contributed by atoms with Crippen LogP contribution < -0.4 is 4.74 Å². The molecule has 1 rings (SSSR count). The quantitative estimate of drug-likeness (QED) is 0.631. The van der Waals surface area contributed by atoms with E-state index in [2.05, 4.69) is 20.7 Å². The number of aryl methyl sites for hydroxylation is 1. The second-order valence-corrected chi connectivity index (χ2v) is 3.56. The molecule has 1 aromatic rings. The molecule has 4 nitrogen and oxygen atoms in total. The van der Waals surface area contributed by atoms with Crippen molar-refractivity contribution in [1.29, 1.82) is 0 Å². The molecule has 0 aliphatic heterocycles. The van der Waals surface area contributed by atoms with Gasteiger partial charge in [0.2, 0.25) is 5.75 Å². The summed E-state index contributed by atoms with van der Waals surface area (Å²) in [7, 11) is 0. The number of nitro benzene ring substituents is 1. The number of rotatable bonds is 3. The number of nitro groups is 1. The van der Waals surface area contributed by atoms with Gasteiger partial charge in [-0.3, -0.25) is 10.1 Å². The molecule has 0 unspecified atom stereocenters. The minimum Gasteiger partial charge on any atom is -0.427 e. The van der Waals surface area contributed by atoms with Crippen molar-refractivity contribution in [2.45, 2.75) is 13.5 Å². The van der Waals surface area contributed by atoms with Crippen molar-refractivity contribution in [3.05, 3.63) is 32.3 Å². The molecule has 1 aromatic carbocycles. The zero-order chi connectivity index (χ0) is 11.6. The van der Waals surface area contributed by atoms with Gasteiger partial charge < -0.3 is 4.74 Å². The average molecular weight is 282 g/mol. The van der Waals surface area contributed by atoms with Crippen LogP contribution in [-0.4, -0.2) is 11.5 Å². The average Bonchev–Trinajstić information content (AvgIpc) is 2.09. The predicted molar refractivity (Wildman–Crippen MR) is 52.2 cm³/mol. The highest BCUT2D eigenvalue weighted by atomic mass is 79.9. The van der Waals surface area contributed by atoms with Crippen LogP contribution in [0.4, 0.5) is 14.5 Å². The SMILES string of the molecule is Cc1cc(OC(F)F)c([N+](=O)[O-])cc1Br. The minimum atomic E-state index is -3.08. The van der Waals surface area contributed by atoms with Gasteiger partial charge >= 0.3 is 12.3 Å². The fourth-order valence-electron chi connectivity index (χ4n) is 0.978. The smallest absolute Gasteiger partial charge is 0.387 e. The zero-order valence-electron chi connectivity index (χ0n) is 7.54. The maximum absolute atomic E-state index is 11.9. The monoisotopic (exact) mass is 281 g/mol. The van der Waals surface area contributed by atoms with Gasteiger partial charge in [-0.15, -0.1) is 0 Å². The van der Waals surface area contributed by atoms with E-state index in [1.165, 1.54) is 6.07 Å². The first-order chi connectivity index (χ1) is 6.91. The number of nitrogens with zero attached hydrogens (tertiary/aromatic N) is 1. The Hall–Kier alpha value is -1.24. The standard InChI is InChI=1S/C8H6BrF2NO3/c1-4-2-7(15-8(10)11)6(12(13)14)3-5(4)9/h2-3,8H,1H3. The molecule has 0 saturated carbocycles. The summed E-state index contributed by atoms with van der Waals surface area (Å²) in [5.74, 6) is -0.435. The van der Waals surface area contributed by atoms with Crippen LogP contribution in [0.2, 0.25) is 0 Å². The Morgan fingerprint density at radius 2 is 2.13 bits per heavy atom. The topological polar surface area (TPSA) is 52.4 Å². The van der Waals surface area contributed by atoms with Crippen molar-refractivity contribution in [2.75, 3.05) is 0 Å². The fraction of sp³-hybridized carbons (Fsp3) is 0.250. The summed E-state index contributed by atoms with van der Waals surface area (Å²) in [5.41, 5.74) is 0.0871. The molecule has 0 aliphatic rings. The number of alkyl halides is 2. The molecule has 7 heteroatoms. The molecule has 0 fully saturated rings. The Balaban J connectivity index is 3.22. The van der Waals surface area contributed by atoms with Gasteiger partial charge in [0.25, 0.3) is 0 Å². The predicted octanol–water partition coefficient (Wildman–Crippen LogP) is 3.27. The van der Waals surface area contributed by atoms with Crippen LogP contribution in [0.3, 0.4) is 0 Å². The van der Waals surface area contributed by atoms with Crippen LogP contribution in [0.5, 0.6) is 5.75 Å². The first kappa shape index (κ1) is 11.8. The van der Waals surface area contributed by atoms with Crippen LogP contribution in [-0.2, 0) is 0 Å². The maximum atomic E-state index is 11.9. The van der Waals surface area contributed by atoms with Crippen molar-refractivity contribution in [3.8, 4) is 5.75 Å². The molecular formula is C8H6BrF2NO3. The molecule has 0 aromatic heterocycles. The first-order valence-electron chi connectivity index (χ1n) is 3.81. The Morgan fingerprint density at radius 1 is 1.53 bits per heavy atom. The molecule has 0 radical (unpaired) electrons.